The highest BCUT2D eigenvalue weighted by Crippen LogP contribution is 2.19. The van der Waals surface area contributed by atoms with Crippen molar-refractivity contribution >= 4 is 21.7 Å². The summed E-state index contributed by atoms with van der Waals surface area (Å²) in [6, 6.07) is 5.80. The molecule has 1 saturated heterocycles. The van der Waals surface area contributed by atoms with Crippen molar-refractivity contribution in [1.82, 2.24) is 4.90 Å². The predicted molar refractivity (Wildman–Crippen MR) is 99.3 cm³/mol. The molecule has 8 heteroatoms. The number of rotatable bonds is 8. The van der Waals surface area contributed by atoms with Gasteiger partial charge in [-0.25, -0.2) is 12.8 Å². The highest BCUT2D eigenvalue weighted by molar-refractivity contribution is 7.91. The summed E-state index contributed by atoms with van der Waals surface area (Å²) in [7, 11) is -3.12. The van der Waals surface area contributed by atoms with Gasteiger partial charge in [-0.15, -0.1) is 0 Å². The van der Waals surface area contributed by atoms with Crippen molar-refractivity contribution in [2.24, 2.45) is 5.92 Å². The minimum absolute atomic E-state index is 0.0315. The number of esters is 1. The van der Waals surface area contributed by atoms with Crippen LogP contribution < -0.4 is 0 Å². The molecule has 1 amide bonds. The van der Waals surface area contributed by atoms with Gasteiger partial charge in [0, 0.05) is 19.0 Å². The lowest BCUT2D eigenvalue weighted by atomic mass is 10.1. The molecule has 0 bridgehead atoms. The van der Waals surface area contributed by atoms with Crippen LogP contribution in [-0.4, -0.2) is 55.9 Å². The van der Waals surface area contributed by atoms with Crippen LogP contribution in [0.2, 0.25) is 0 Å². The molecule has 1 heterocycles. The summed E-state index contributed by atoms with van der Waals surface area (Å²) < 4.78 is 42.0. The summed E-state index contributed by atoms with van der Waals surface area (Å²) in [5.41, 5.74) is 0.415. The number of carbonyl (C=O) groups is 2. The van der Waals surface area contributed by atoms with Gasteiger partial charge in [-0.2, -0.15) is 0 Å². The second kappa shape index (κ2) is 9.30. The molecule has 1 aromatic carbocycles. The normalized spacial score (nSPS) is 18.4. The molecule has 1 aromatic rings. The van der Waals surface area contributed by atoms with E-state index in [0.717, 1.165) is 0 Å². The van der Waals surface area contributed by atoms with E-state index < -0.39 is 28.3 Å². The molecule has 0 aromatic heterocycles. The van der Waals surface area contributed by atoms with Crippen molar-refractivity contribution in [3.63, 3.8) is 0 Å². The maximum atomic E-state index is 13.6. The molecule has 6 nitrogen and oxygen atoms in total. The molecule has 27 heavy (non-hydrogen) atoms. The standard InChI is InChI=1S/C19H26FNO5S/c1-14(2)11-21(16-9-10-27(24,25)13-16)18(22)12-26-19(23)8-7-15-5-3-4-6-17(15)20/h3-6,14,16H,7-13H2,1-2H3. The van der Waals surface area contributed by atoms with Crippen molar-refractivity contribution in [3.05, 3.63) is 35.6 Å². The Morgan fingerprint density at radius 1 is 1.30 bits per heavy atom. The molecule has 150 valence electrons. The van der Waals surface area contributed by atoms with Crippen molar-refractivity contribution < 1.29 is 27.1 Å². The Bertz CT molecular complexity index is 778. The Morgan fingerprint density at radius 3 is 2.59 bits per heavy atom. The first-order valence-corrected chi connectivity index (χ1v) is 10.9. The van der Waals surface area contributed by atoms with E-state index in [0.29, 0.717) is 18.5 Å². The number of nitrogens with zero attached hydrogens (tertiary/aromatic N) is 1. The average molecular weight is 399 g/mol. The van der Waals surface area contributed by atoms with E-state index in [4.69, 9.17) is 4.74 Å². The van der Waals surface area contributed by atoms with Gasteiger partial charge in [0.15, 0.2) is 16.4 Å². The van der Waals surface area contributed by atoms with E-state index in [9.17, 15) is 22.4 Å². The van der Waals surface area contributed by atoms with E-state index in [1.165, 1.54) is 11.0 Å². The van der Waals surface area contributed by atoms with Gasteiger partial charge >= 0.3 is 5.97 Å². The Morgan fingerprint density at radius 2 is 2.00 bits per heavy atom. The summed E-state index contributed by atoms with van der Waals surface area (Å²) in [6.45, 7) is 3.85. The molecular weight excluding hydrogens is 373 g/mol. The van der Waals surface area contributed by atoms with Gasteiger partial charge in [-0.05, 0) is 30.4 Å². The van der Waals surface area contributed by atoms with Crippen molar-refractivity contribution in [3.8, 4) is 0 Å². The van der Waals surface area contributed by atoms with Crippen molar-refractivity contribution in [2.45, 2.75) is 39.2 Å². The lowest BCUT2D eigenvalue weighted by molar-refractivity contribution is -0.153. The van der Waals surface area contributed by atoms with Crippen LogP contribution in [0.15, 0.2) is 24.3 Å². The van der Waals surface area contributed by atoms with Crippen LogP contribution in [0.5, 0.6) is 0 Å². The molecule has 1 fully saturated rings. The molecule has 2 rings (SSSR count). The van der Waals surface area contributed by atoms with Crippen LogP contribution in [0.25, 0.3) is 0 Å². The quantitative estimate of drug-likeness (QED) is 0.625. The molecule has 0 radical (unpaired) electrons. The van der Waals surface area contributed by atoms with Gasteiger partial charge in [0.25, 0.3) is 5.91 Å². The zero-order valence-corrected chi connectivity index (χ0v) is 16.5. The molecular formula is C19H26FNO5S. The smallest absolute Gasteiger partial charge is 0.306 e. The number of ether oxygens (including phenoxy) is 1. The highest BCUT2D eigenvalue weighted by atomic mass is 32.2. The first-order valence-electron chi connectivity index (χ1n) is 9.07. The van der Waals surface area contributed by atoms with Crippen LogP contribution in [0.1, 0.15) is 32.3 Å². The fourth-order valence-electron chi connectivity index (χ4n) is 3.10. The monoisotopic (exact) mass is 399 g/mol. The first-order chi connectivity index (χ1) is 12.7. The largest absolute Gasteiger partial charge is 0.456 e. The number of hydrogen-bond donors (Lipinski definition) is 0. The van der Waals surface area contributed by atoms with Crippen LogP contribution in [0.4, 0.5) is 4.39 Å². The number of amides is 1. The first kappa shape index (κ1) is 21.3. The topological polar surface area (TPSA) is 80.8 Å². The molecule has 0 saturated carbocycles. The Kier molecular flexibility index (Phi) is 7.35. The fourth-order valence-corrected chi connectivity index (χ4v) is 4.84. The molecule has 1 aliphatic heterocycles. The lowest BCUT2D eigenvalue weighted by Crippen LogP contribution is -2.45. The van der Waals surface area contributed by atoms with Gasteiger partial charge in [0.2, 0.25) is 0 Å². The van der Waals surface area contributed by atoms with Crippen LogP contribution >= 0.6 is 0 Å². The predicted octanol–water partition coefficient (Wildman–Crippen LogP) is 1.97. The van der Waals surface area contributed by atoms with E-state index in [2.05, 4.69) is 0 Å². The average Bonchev–Trinajstić information content (AvgIpc) is 2.96. The maximum absolute atomic E-state index is 13.6. The number of hydrogen-bond acceptors (Lipinski definition) is 5. The third kappa shape index (κ3) is 6.61. The minimum atomic E-state index is -3.12. The number of benzene rings is 1. The molecule has 1 atom stereocenters. The Balaban J connectivity index is 1.87. The van der Waals surface area contributed by atoms with E-state index >= 15 is 0 Å². The summed E-state index contributed by atoms with van der Waals surface area (Å²) in [5.74, 6) is -1.18. The summed E-state index contributed by atoms with van der Waals surface area (Å²) in [5, 5.41) is 0. The maximum Gasteiger partial charge on any atom is 0.306 e. The second-order valence-corrected chi connectivity index (χ2v) is 9.48. The van der Waals surface area contributed by atoms with Gasteiger partial charge < -0.3 is 9.64 Å². The lowest BCUT2D eigenvalue weighted by Gasteiger charge is -2.29. The van der Waals surface area contributed by atoms with Crippen molar-refractivity contribution in [2.75, 3.05) is 24.7 Å². The van der Waals surface area contributed by atoms with E-state index in [-0.39, 0.29) is 42.1 Å². The molecule has 1 unspecified atom stereocenters. The zero-order chi connectivity index (χ0) is 20.0. The van der Waals surface area contributed by atoms with Crippen LogP contribution in [0.3, 0.4) is 0 Å². The molecule has 0 spiro atoms. The van der Waals surface area contributed by atoms with Gasteiger partial charge in [0.1, 0.15) is 5.82 Å². The molecule has 0 N–H and O–H groups in total. The summed E-state index contributed by atoms with van der Waals surface area (Å²) >= 11 is 0. The summed E-state index contributed by atoms with van der Waals surface area (Å²) in [6.07, 6.45) is 0.564. The number of halogens is 1. The molecule has 0 aliphatic carbocycles. The number of sulfone groups is 1. The zero-order valence-electron chi connectivity index (χ0n) is 15.7. The Labute approximate surface area is 159 Å². The van der Waals surface area contributed by atoms with Gasteiger partial charge in [-0.3, -0.25) is 9.59 Å². The minimum Gasteiger partial charge on any atom is -0.456 e. The summed E-state index contributed by atoms with van der Waals surface area (Å²) in [4.78, 5) is 25.9. The van der Waals surface area contributed by atoms with Crippen LogP contribution in [-0.2, 0) is 30.6 Å². The van der Waals surface area contributed by atoms with Gasteiger partial charge in [-0.1, -0.05) is 32.0 Å². The third-order valence-electron chi connectivity index (χ3n) is 4.44. The second-order valence-electron chi connectivity index (χ2n) is 7.25. The van der Waals surface area contributed by atoms with Gasteiger partial charge in [0.05, 0.1) is 11.5 Å². The van der Waals surface area contributed by atoms with E-state index in [1.807, 2.05) is 13.8 Å². The fraction of sp³-hybridized carbons (Fsp3) is 0.579. The third-order valence-corrected chi connectivity index (χ3v) is 6.19. The SMILES string of the molecule is CC(C)CN(C(=O)COC(=O)CCc1ccccc1F)C1CCS(=O)(=O)C1. The molecule has 1 aliphatic rings. The van der Waals surface area contributed by atoms with Crippen LogP contribution in [0, 0.1) is 11.7 Å². The van der Waals surface area contributed by atoms with E-state index in [1.54, 1.807) is 18.2 Å². The highest BCUT2D eigenvalue weighted by Gasteiger charge is 2.35. The van der Waals surface area contributed by atoms with Crippen molar-refractivity contribution in [1.29, 1.82) is 0 Å². The number of aryl methyl sites for hydroxylation is 1. The number of carbonyl (C=O) groups excluding carboxylic acids is 2. The Hall–Kier alpha value is -1.96.